The Hall–Kier alpha value is -1.36. The molecule has 0 amide bonds. The summed E-state index contributed by atoms with van der Waals surface area (Å²) in [4.78, 5) is 0.384. The first-order valence-corrected chi connectivity index (χ1v) is 10.1. The maximum absolute atomic E-state index is 13.1. The van der Waals surface area contributed by atoms with Crippen molar-refractivity contribution >= 4 is 21.6 Å². The molecule has 2 aromatic carbocycles. The van der Waals surface area contributed by atoms with Crippen molar-refractivity contribution in [2.75, 3.05) is 7.05 Å². The standard InChI is InChI=1S/C20H26ClNO2S/c1-14-11-17(20(3,4)5)12-15(2)19(14)25(23,24)22(6)13-16-9-7-8-10-18(16)21/h7-12H,13H2,1-6H3. The van der Waals surface area contributed by atoms with Gasteiger partial charge in [0.25, 0.3) is 0 Å². The van der Waals surface area contributed by atoms with Crippen LogP contribution in [0.2, 0.25) is 5.02 Å². The number of rotatable bonds is 4. The van der Waals surface area contributed by atoms with Crippen molar-refractivity contribution in [2.24, 2.45) is 0 Å². The van der Waals surface area contributed by atoms with Gasteiger partial charge in [0.2, 0.25) is 10.0 Å². The lowest BCUT2D eigenvalue weighted by Crippen LogP contribution is -2.28. The molecule has 0 aliphatic heterocycles. The lowest BCUT2D eigenvalue weighted by atomic mass is 9.85. The molecule has 0 saturated carbocycles. The topological polar surface area (TPSA) is 37.4 Å². The molecule has 0 heterocycles. The zero-order valence-electron chi connectivity index (χ0n) is 15.7. The van der Waals surface area contributed by atoms with Crippen molar-refractivity contribution in [3.05, 3.63) is 63.7 Å². The smallest absolute Gasteiger partial charge is 0.207 e. The van der Waals surface area contributed by atoms with Gasteiger partial charge in [-0.25, -0.2) is 8.42 Å². The molecule has 0 spiro atoms. The maximum atomic E-state index is 13.1. The SMILES string of the molecule is Cc1cc(C(C)(C)C)cc(C)c1S(=O)(=O)N(C)Cc1ccccc1Cl. The molecule has 0 aliphatic rings. The van der Waals surface area contributed by atoms with E-state index in [2.05, 4.69) is 20.8 Å². The molecule has 0 N–H and O–H groups in total. The average molecular weight is 380 g/mol. The highest BCUT2D eigenvalue weighted by Crippen LogP contribution is 2.31. The second-order valence-corrected chi connectivity index (χ2v) is 9.93. The van der Waals surface area contributed by atoms with Crippen LogP contribution >= 0.6 is 11.6 Å². The fourth-order valence-corrected chi connectivity index (χ4v) is 4.65. The summed E-state index contributed by atoms with van der Waals surface area (Å²) in [5, 5.41) is 0.570. The molecule has 0 aliphatic carbocycles. The Kier molecular flexibility index (Phi) is 5.67. The van der Waals surface area contributed by atoms with Crippen LogP contribution in [0.3, 0.4) is 0 Å². The molecular formula is C20H26ClNO2S. The van der Waals surface area contributed by atoms with Crippen LogP contribution in [0, 0.1) is 13.8 Å². The van der Waals surface area contributed by atoms with Crippen molar-refractivity contribution in [2.45, 2.75) is 51.5 Å². The van der Waals surface area contributed by atoms with Crippen molar-refractivity contribution < 1.29 is 8.42 Å². The van der Waals surface area contributed by atoms with Crippen LogP contribution in [0.5, 0.6) is 0 Å². The molecule has 2 rings (SSSR count). The molecule has 2 aromatic rings. The van der Waals surface area contributed by atoms with E-state index < -0.39 is 10.0 Å². The second kappa shape index (κ2) is 7.10. The summed E-state index contributed by atoms with van der Waals surface area (Å²) >= 11 is 6.18. The molecule has 136 valence electrons. The first-order chi connectivity index (χ1) is 11.4. The van der Waals surface area contributed by atoms with Gasteiger partial charge in [0.15, 0.2) is 0 Å². The third-order valence-corrected chi connectivity index (χ3v) is 6.82. The van der Waals surface area contributed by atoms with Crippen LogP contribution in [0.1, 0.15) is 43.0 Å². The quantitative estimate of drug-likeness (QED) is 0.743. The summed E-state index contributed by atoms with van der Waals surface area (Å²) in [6.45, 7) is 10.3. The molecule has 0 unspecified atom stereocenters. The van der Waals surface area contributed by atoms with Crippen LogP contribution in [0.25, 0.3) is 0 Å². The summed E-state index contributed by atoms with van der Waals surface area (Å²) < 4.78 is 27.6. The third kappa shape index (κ3) is 4.25. The van der Waals surface area contributed by atoms with Crippen LogP contribution in [0.4, 0.5) is 0 Å². The number of hydrogen-bond acceptors (Lipinski definition) is 2. The normalized spacial score (nSPS) is 12.6. The van der Waals surface area contributed by atoms with Crippen LogP contribution in [-0.4, -0.2) is 19.8 Å². The summed E-state index contributed by atoms with van der Waals surface area (Å²) in [7, 11) is -2.01. The van der Waals surface area contributed by atoms with E-state index in [1.54, 1.807) is 13.1 Å². The number of aryl methyl sites for hydroxylation is 2. The van der Waals surface area contributed by atoms with Gasteiger partial charge in [-0.2, -0.15) is 4.31 Å². The van der Waals surface area contributed by atoms with Crippen LogP contribution < -0.4 is 0 Å². The Balaban J connectivity index is 2.44. The number of hydrogen-bond donors (Lipinski definition) is 0. The monoisotopic (exact) mass is 379 g/mol. The Bertz CT molecular complexity index is 860. The number of benzene rings is 2. The van der Waals surface area contributed by atoms with Gasteiger partial charge in [0, 0.05) is 18.6 Å². The van der Waals surface area contributed by atoms with Gasteiger partial charge >= 0.3 is 0 Å². The Morgan fingerprint density at radius 2 is 1.56 bits per heavy atom. The zero-order chi connectivity index (χ0) is 19.0. The minimum atomic E-state index is -3.60. The lowest BCUT2D eigenvalue weighted by molar-refractivity contribution is 0.465. The van der Waals surface area contributed by atoms with Gasteiger partial charge in [-0.05, 0) is 47.6 Å². The van der Waals surface area contributed by atoms with Gasteiger partial charge in [-0.15, -0.1) is 0 Å². The predicted octanol–water partition coefficient (Wildman–Crippen LogP) is 5.08. The van der Waals surface area contributed by atoms with Gasteiger partial charge in [0.1, 0.15) is 0 Å². The highest BCUT2D eigenvalue weighted by atomic mass is 35.5. The van der Waals surface area contributed by atoms with E-state index in [0.29, 0.717) is 9.92 Å². The zero-order valence-corrected chi connectivity index (χ0v) is 17.3. The molecule has 0 saturated heterocycles. The molecule has 3 nitrogen and oxygen atoms in total. The molecule has 5 heteroatoms. The van der Waals surface area contributed by atoms with Gasteiger partial charge in [0.05, 0.1) is 4.90 Å². The summed E-state index contributed by atoms with van der Waals surface area (Å²) in [6.07, 6.45) is 0. The molecule has 25 heavy (non-hydrogen) atoms. The number of halogens is 1. The summed E-state index contributed by atoms with van der Waals surface area (Å²) in [5.41, 5.74) is 3.44. The van der Waals surface area contributed by atoms with Gasteiger partial charge in [-0.1, -0.05) is 62.7 Å². The van der Waals surface area contributed by atoms with E-state index in [-0.39, 0.29) is 12.0 Å². The maximum Gasteiger partial charge on any atom is 0.243 e. The molecule has 0 atom stereocenters. The van der Waals surface area contributed by atoms with Crippen LogP contribution in [-0.2, 0) is 22.0 Å². The fraction of sp³-hybridized carbons (Fsp3) is 0.400. The van der Waals surface area contributed by atoms with E-state index in [0.717, 1.165) is 22.3 Å². The number of nitrogens with zero attached hydrogens (tertiary/aromatic N) is 1. The minimum Gasteiger partial charge on any atom is -0.207 e. The highest BCUT2D eigenvalue weighted by molar-refractivity contribution is 7.89. The van der Waals surface area contributed by atoms with Gasteiger partial charge in [-0.3, -0.25) is 0 Å². The lowest BCUT2D eigenvalue weighted by Gasteiger charge is -2.24. The molecule has 0 aromatic heterocycles. The number of sulfonamides is 1. The van der Waals surface area contributed by atoms with E-state index in [1.165, 1.54) is 4.31 Å². The molecule has 0 bridgehead atoms. The Labute approximate surface area is 156 Å². The van der Waals surface area contributed by atoms with E-state index >= 15 is 0 Å². The van der Waals surface area contributed by atoms with Crippen molar-refractivity contribution in [3.8, 4) is 0 Å². The molecule has 0 fully saturated rings. The largest absolute Gasteiger partial charge is 0.243 e. The Morgan fingerprint density at radius 1 is 1.04 bits per heavy atom. The van der Waals surface area contributed by atoms with Gasteiger partial charge < -0.3 is 0 Å². The molecule has 0 radical (unpaired) electrons. The minimum absolute atomic E-state index is 0.0265. The first-order valence-electron chi connectivity index (χ1n) is 8.26. The van der Waals surface area contributed by atoms with E-state index in [9.17, 15) is 8.42 Å². The summed E-state index contributed by atoms with van der Waals surface area (Å²) in [6, 6.07) is 11.3. The van der Waals surface area contributed by atoms with Crippen molar-refractivity contribution in [3.63, 3.8) is 0 Å². The van der Waals surface area contributed by atoms with Crippen LogP contribution in [0.15, 0.2) is 41.3 Å². The first kappa shape index (κ1) is 20.0. The third-order valence-electron chi connectivity index (χ3n) is 4.35. The van der Waals surface area contributed by atoms with Crippen molar-refractivity contribution in [1.82, 2.24) is 4.31 Å². The van der Waals surface area contributed by atoms with Crippen molar-refractivity contribution in [1.29, 1.82) is 0 Å². The van der Waals surface area contributed by atoms with E-state index in [4.69, 9.17) is 11.6 Å². The van der Waals surface area contributed by atoms with E-state index in [1.807, 2.05) is 44.2 Å². The molecular weight excluding hydrogens is 354 g/mol. The Morgan fingerprint density at radius 3 is 2.04 bits per heavy atom. The second-order valence-electron chi connectivity index (χ2n) is 7.54. The fourth-order valence-electron chi connectivity index (χ4n) is 2.90. The predicted molar refractivity (Wildman–Crippen MR) is 105 cm³/mol. The average Bonchev–Trinajstić information content (AvgIpc) is 2.47. The summed E-state index contributed by atoms with van der Waals surface area (Å²) in [5.74, 6) is 0. The highest BCUT2D eigenvalue weighted by Gasteiger charge is 2.27.